The van der Waals surface area contributed by atoms with Crippen LogP contribution in [0.25, 0.3) is 0 Å². The van der Waals surface area contributed by atoms with E-state index < -0.39 is 17.9 Å². The van der Waals surface area contributed by atoms with Crippen LogP contribution in [0, 0.1) is 0 Å². The van der Waals surface area contributed by atoms with Crippen LogP contribution >= 0.6 is 0 Å². The van der Waals surface area contributed by atoms with Crippen LogP contribution in [0.5, 0.6) is 0 Å². The average Bonchev–Trinajstić information content (AvgIpc) is 3.01. The van der Waals surface area contributed by atoms with E-state index in [0.717, 1.165) is 37.9 Å². The topological polar surface area (TPSA) is 73.0 Å². The van der Waals surface area contributed by atoms with Crippen LogP contribution in [0.15, 0.2) is 30.3 Å². The van der Waals surface area contributed by atoms with Gasteiger partial charge >= 0.3 is 11.8 Å². The second-order valence-electron chi connectivity index (χ2n) is 7.39. The Morgan fingerprint density at radius 2 is 1.82 bits per heavy atom. The first kappa shape index (κ1) is 20.3. The highest BCUT2D eigenvalue weighted by Gasteiger charge is 2.41. The van der Waals surface area contributed by atoms with Gasteiger partial charge in [-0.15, -0.1) is 0 Å². The lowest BCUT2D eigenvalue weighted by atomic mass is 10.0. The monoisotopic (exact) mass is 386 g/mol. The van der Waals surface area contributed by atoms with Gasteiger partial charge in [0.15, 0.2) is 0 Å². The lowest BCUT2D eigenvalue weighted by Gasteiger charge is -2.39. The summed E-state index contributed by atoms with van der Waals surface area (Å²) in [7, 11) is 0. The molecule has 2 fully saturated rings. The van der Waals surface area contributed by atoms with Crippen molar-refractivity contribution in [1.82, 2.24) is 20.0 Å². The van der Waals surface area contributed by atoms with E-state index in [2.05, 4.69) is 12.2 Å². The second-order valence-corrected chi connectivity index (χ2v) is 7.39. The normalized spacial score (nSPS) is 19.5. The number of benzene rings is 1. The lowest BCUT2D eigenvalue weighted by Crippen LogP contribution is -2.57. The van der Waals surface area contributed by atoms with Gasteiger partial charge in [0.05, 0.1) is 0 Å². The molecule has 0 unspecified atom stereocenters. The fraction of sp³-hybridized carbons (Fsp3) is 0.571. The van der Waals surface area contributed by atoms with E-state index in [1.807, 2.05) is 35.2 Å². The van der Waals surface area contributed by atoms with Gasteiger partial charge in [-0.05, 0) is 24.9 Å². The summed E-state index contributed by atoms with van der Waals surface area (Å²) >= 11 is 0. The molecule has 2 aliphatic heterocycles. The van der Waals surface area contributed by atoms with Gasteiger partial charge in [0.25, 0.3) is 0 Å². The summed E-state index contributed by atoms with van der Waals surface area (Å²) in [5.41, 5.74) is 0.757. The van der Waals surface area contributed by atoms with Crippen LogP contribution in [-0.4, -0.2) is 78.2 Å². The van der Waals surface area contributed by atoms with Crippen molar-refractivity contribution in [3.8, 4) is 0 Å². The predicted molar refractivity (Wildman–Crippen MR) is 106 cm³/mol. The molecular formula is C21H30N4O3. The number of nitrogens with zero attached hydrogens (tertiary/aromatic N) is 3. The average molecular weight is 386 g/mol. The van der Waals surface area contributed by atoms with Crippen LogP contribution in [0.4, 0.5) is 0 Å². The fourth-order valence-electron chi connectivity index (χ4n) is 3.83. The number of hydrogen-bond acceptors (Lipinski definition) is 4. The molecule has 7 nitrogen and oxygen atoms in total. The minimum atomic E-state index is -0.746. The molecule has 1 aromatic rings. The molecule has 2 saturated heterocycles. The minimum Gasteiger partial charge on any atom is -0.339 e. The molecule has 3 rings (SSSR count). The van der Waals surface area contributed by atoms with Gasteiger partial charge in [0.2, 0.25) is 5.91 Å². The predicted octanol–water partition coefficient (Wildman–Crippen LogP) is 1.02. The third-order valence-electron chi connectivity index (χ3n) is 5.44. The SMILES string of the molecule is CCCCN1CCN([C@H](C(=O)N2CCCNCC2)c2ccccc2)C(=O)C1=O. The van der Waals surface area contributed by atoms with Crippen molar-refractivity contribution in [2.24, 2.45) is 0 Å². The summed E-state index contributed by atoms with van der Waals surface area (Å²) in [5, 5.41) is 3.30. The first-order valence-corrected chi connectivity index (χ1v) is 10.3. The van der Waals surface area contributed by atoms with Crippen molar-refractivity contribution in [1.29, 1.82) is 0 Å². The Kier molecular flexibility index (Phi) is 7.03. The molecule has 1 aromatic carbocycles. The molecule has 7 heteroatoms. The number of nitrogens with one attached hydrogen (secondary N) is 1. The van der Waals surface area contributed by atoms with Crippen molar-refractivity contribution in [3.05, 3.63) is 35.9 Å². The first-order chi connectivity index (χ1) is 13.6. The zero-order valence-electron chi connectivity index (χ0n) is 16.6. The zero-order valence-corrected chi connectivity index (χ0v) is 16.6. The molecule has 3 amide bonds. The number of rotatable bonds is 6. The highest BCUT2D eigenvalue weighted by atomic mass is 16.2. The molecule has 0 saturated carbocycles. The van der Waals surface area contributed by atoms with Crippen molar-refractivity contribution in [3.63, 3.8) is 0 Å². The summed E-state index contributed by atoms with van der Waals surface area (Å²) in [6.45, 7) is 6.40. The Bertz CT molecular complexity index is 686. The summed E-state index contributed by atoms with van der Waals surface area (Å²) in [6, 6.07) is 8.59. The van der Waals surface area contributed by atoms with Crippen molar-refractivity contribution >= 4 is 17.7 Å². The molecular weight excluding hydrogens is 356 g/mol. The van der Waals surface area contributed by atoms with E-state index >= 15 is 0 Å². The molecule has 0 spiro atoms. The van der Waals surface area contributed by atoms with E-state index in [0.29, 0.717) is 32.7 Å². The Hall–Kier alpha value is -2.41. The summed E-state index contributed by atoms with van der Waals surface area (Å²) in [4.78, 5) is 43.9. The van der Waals surface area contributed by atoms with Crippen molar-refractivity contribution < 1.29 is 14.4 Å². The number of hydrogen-bond donors (Lipinski definition) is 1. The minimum absolute atomic E-state index is 0.0990. The first-order valence-electron chi connectivity index (χ1n) is 10.3. The number of carbonyl (C=O) groups excluding carboxylic acids is 3. The Balaban J connectivity index is 1.84. The van der Waals surface area contributed by atoms with Crippen LogP contribution in [0.2, 0.25) is 0 Å². The second kappa shape index (κ2) is 9.68. The van der Waals surface area contributed by atoms with Gasteiger partial charge in [-0.3, -0.25) is 14.4 Å². The maximum absolute atomic E-state index is 13.4. The van der Waals surface area contributed by atoms with Crippen molar-refractivity contribution in [2.45, 2.75) is 32.2 Å². The largest absolute Gasteiger partial charge is 0.339 e. The van der Waals surface area contributed by atoms with E-state index in [1.165, 1.54) is 4.90 Å². The summed E-state index contributed by atoms with van der Waals surface area (Å²) in [6.07, 6.45) is 2.72. The molecule has 0 bridgehead atoms. The van der Waals surface area contributed by atoms with E-state index in [9.17, 15) is 14.4 Å². The number of piperazine rings is 1. The smallest absolute Gasteiger partial charge is 0.313 e. The highest BCUT2D eigenvalue weighted by molar-refractivity contribution is 6.35. The Morgan fingerprint density at radius 1 is 1.04 bits per heavy atom. The Labute approximate surface area is 166 Å². The van der Waals surface area contributed by atoms with E-state index in [4.69, 9.17) is 0 Å². The summed E-state index contributed by atoms with van der Waals surface area (Å²) < 4.78 is 0. The maximum atomic E-state index is 13.4. The maximum Gasteiger partial charge on any atom is 0.313 e. The van der Waals surface area contributed by atoms with Crippen LogP contribution < -0.4 is 5.32 Å². The molecule has 0 aliphatic carbocycles. The van der Waals surface area contributed by atoms with Gasteiger partial charge in [-0.2, -0.15) is 0 Å². The molecule has 2 heterocycles. The van der Waals surface area contributed by atoms with Crippen molar-refractivity contribution in [2.75, 3.05) is 45.8 Å². The molecule has 0 radical (unpaired) electrons. The molecule has 1 N–H and O–H groups in total. The zero-order chi connectivity index (χ0) is 19.9. The molecule has 2 aliphatic rings. The molecule has 0 aromatic heterocycles. The van der Waals surface area contributed by atoms with Crippen LogP contribution in [0.3, 0.4) is 0 Å². The van der Waals surface area contributed by atoms with Gasteiger partial charge in [-0.25, -0.2) is 0 Å². The van der Waals surface area contributed by atoms with Crippen LogP contribution in [-0.2, 0) is 14.4 Å². The molecule has 1 atom stereocenters. The third kappa shape index (κ3) is 4.52. The fourth-order valence-corrected chi connectivity index (χ4v) is 3.83. The van der Waals surface area contributed by atoms with Gasteiger partial charge in [0, 0.05) is 39.3 Å². The molecule has 28 heavy (non-hydrogen) atoms. The summed E-state index contributed by atoms with van der Waals surface area (Å²) in [5.74, 6) is -1.17. The third-order valence-corrected chi connectivity index (χ3v) is 5.44. The lowest BCUT2D eigenvalue weighted by molar-refractivity contribution is -0.161. The highest BCUT2D eigenvalue weighted by Crippen LogP contribution is 2.26. The standard InChI is InChI=1S/C21H30N4O3/c1-2-3-12-24-15-16-25(21(28)20(24)27)18(17-8-5-4-6-9-17)19(26)23-13-7-10-22-11-14-23/h4-6,8-9,18,22H,2-3,7,10-16H2,1H3/t18-/m0/s1. The number of unbranched alkanes of at least 4 members (excludes halogenated alkanes) is 1. The molecule has 152 valence electrons. The van der Waals surface area contributed by atoms with Gasteiger partial charge in [-0.1, -0.05) is 43.7 Å². The van der Waals surface area contributed by atoms with E-state index in [1.54, 1.807) is 4.90 Å². The quantitative estimate of drug-likeness (QED) is 0.741. The Morgan fingerprint density at radius 3 is 2.57 bits per heavy atom. The van der Waals surface area contributed by atoms with Gasteiger partial charge in [0.1, 0.15) is 6.04 Å². The number of amides is 3. The number of carbonyl (C=O) groups is 3. The van der Waals surface area contributed by atoms with Crippen LogP contribution in [0.1, 0.15) is 37.8 Å². The van der Waals surface area contributed by atoms with Gasteiger partial charge < -0.3 is 20.0 Å². The van der Waals surface area contributed by atoms with E-state index in [-0.39, 0.29) is 5.91 Å².